The number of rotatable bonds is 5. The Morgan fingerprint density at radius 2 is 2.00 bits per heavy atom. The molecule has 0 saturated carbocycles. The normalized spacial score (nSPS) is 12.2. The number of carbonyl (C=O) groups excluding carboxylic acids is 1. The van der Waals surface area contributed by atoms with Gasteiger partial charge in [-0.2, -0.15) is 0 Å². The van der Waals surface area contributed by atoms with Gasteiger partial charge in [0.2, 0.25) is 0 Å². The van der Waals surface area contributed by atoms with Crippen LogP contribution in [0, 0.1) is 0 Å². The molecule has 0 aliphatic heterocycles. The maximum Gasteiger partial charge on any atom is 0.337 e. The van der Waals surface area contributed by atoms with E-state index in [1.165, 1.54) is 18.2 Å². The SMILES string of the molecule is CCC(=O)c1ccc(CO)cc1C(O)C(=O)O. The molecule has 0 radical (unpaired) electrons. The number of carbonyl (C=O) groups is 2. The fourth-order valence-electron chi connectivity index (χ4n) is 1.51. The Labute approximate surface area is 98.3 Å². The maximum absolute atomic E-state index is 11.6. The van der Waals surface area contributed by atoms with Gasteiger partial charge in [0.15, 0.2) is 11.9 Å². The molecule has 0 aliphatic carbocycles. The maximum atomic E-state index is 11.6. The summed E-state index contributed by atoms with van der Waals surface area (Å²) in [7, 11) is 0. The first kappa shape index (κ1) is 13.3. The number of carboxylic acid groups (broad SMARTS) is 1. The Balaban J connectivity index is 3.30. The van der Waals surface area contributed by atoms with Crippen LogP contribution in [0.25, 0.3) is 0 Å². The largest absolute Gasteiger partial charge is 0.479 e. The van der Waals surface area contributed by atoms with Crippen LogP contribution in [0.2, 0.25) is 0 Å². The van der Waals surface area contributed by atoms with Crippen LogP contribution in [0.15, 0.2) is 18.2 Å². The Hall–Kier alpha value is -1.72. The van der Waals surface area contributed by atoms with Crippen LogP contribution < -0.4 is 0 Å². The van der Waals surface area contributed by atoms with Crippen molar-refractivity contribution in [2.75, 3.05) is 0 Å². The summed E-state index contributed by atoms with van der Waals surface area (Å²) < 4.78 is 0. The number of benzene rings is 1. The molecule has 1 atom stereocenters. The van der Waals surface area contributed by atoms with Crippen LogP contribution >= 0.6 is 0 Å². The van der Waals surface area contributed by atoms with E-state index in [0.29, 0.717) is 5.56 Å². The number of ketones is 1. The number of carboxylic acids is 1. The lowest BCUT2D eigenvalue weighted by Crippen LogP contribution is -2.15. The van der Waals surface area contributed by atoms with Gasteiger partial charge >= 0.3 is 5.97 Å². The van der Waals surface area contributed by atoms with Crippen LogP contribution in [0.3, 0.4) is 0 Å². The van der Waals surface area contributed by atoms with Crippen molar-refractivity contribution in [3.05, 3.63) is 34.9 Å². The molecular weight excluding hydrogens is 224 g/mol. The predicted octanol–water partition coefficient (Wildman–Crippen LogP) is 0.890. The zero-order valence-corrected chi connectivity index (χ0v) is 9.38. The highest BCUT2D eigenvalue weighted by atomic mass is 16.4. The summed E-state index contributed by atoms with van der Waals surface area (Å²) in [6, 6.07) is 4.29. The molecule has 0 spiro atoms. The Morgan fingerprint density at radius 3 is 2.47 bits per heavy atom. The molecule has 3 N–H and O–H groups in total. The van der Waals surface area contributed by atoms with Crippen molar-refractivity contribution in [3.63, 3.8) is 0 Å². The van der Waals surface area contributed by atoms with E-state index in [1.54, 1.807) is 6.92 Å². The number of aliphatic carboxylic acids is 1. The van der Waals surface area contributed by atoms with Gasteiger partial charge in [0.05, 0.1) is 6.61 Å². The monoisotopic (exact) mass is 238 g/mol. The van der Waals surface area contributed by atoms with Gasteiger partial charge in [0.25, 0.3) is 0 Å². The highest BCUT2D eigenvalue weighted by molar-refractivity contribution is 5.98. The molecule has 0 bridgehead atoms. The lowest BCUT2D eigenvalue weighted by atomic mass is 9.96. The molecule has 0 amide bonds. The van der Waals surface area contributed by atoms with E-state index in [0.717, 1.165) is 0 Å². The van der Waals surface area contributed by atoms with Crippen LogP contribution in [0.4, 0.5) is 0 Å². The third kappa shape index (κ3) is 2.89. The Bertz CT molecular complexity index is 439. The van der Waals surface area contributed by atoms with E-state index < -0.39 is 12.1 Å². The molecule has 5 nitrogen and oxygen atoms in total. The van der Waals surface area contributed by atoms with Gasteiger partial charge in [-0.1, -0.05) is 19.1 Å². The third-order valence-corrected chi connectivity index (χ3v) is 2.45. The molecule has 0 fully saturated rings. The number of aliphatic hydroxyl groups is 2. The zero-order chi connectivity index (χ0) is 13.0. The third-order valence-electron chi connectivity index (χ3n) is 2.45. The molecule has 1 aromatic carbocycles. The van der Waals surface area contributed by atoms with Crippen molar-refractivity contribution in [3.8, 4) is 0 Å². The van der Waals surface area contributed by atoms with Crippen LogP contribution in [0.5, 0.6) is 0 Å². The zero-order valence-electron chi connectivity index (χ0n) is 9.38. The molecule has 0 saturated heterocycles. The average molecular weight is 238 g/mol. The second kappa shape index (κ2) is 5.56. The summed E-state index contributed by atoms with van der Waals surface area (Å²) in [4.78, 5) is 22.3. The molecule has 5 heteroatoms. The van der Waals surface area contributed by atoms with E-state index in [4.69, 9.17) is 10.2 Å². The molecule has 0 aliphatic rings. The summed E-state index contributed by atoms with van der Waals surface area (Å²) in [5, 5.41) is 27.2. The highest BCUT2D eigenvalue weighted by Gasteiger charge is 2.22. The van der Waals surface area contributed by atoms with Gasteiger partial charge in [0, 0.05) is 17.5 Å². The van der Waals surface area contributed by atoms with Crippen LogP contribution in [-0.4, -0.2) is 27.1 Å². The minimum absolute atomic E-state index is 0.0240. The predicted molar refractivity (Wildman–Crippen MR) is 59.6 cm³/mol. The van der Waals surface area contributed by atoms with E-state index in [2.05, 4.69) is 0 Å². The second-order valence-corrected chi connectivity index (χ2v) is 3.60. The molecule has 0 aromatic heterocycles. The topological polar surface area (TPSA) is 94.8 Å². The van der Waals surface area contributed by atoms with Crippen molar-refractivity contribution in [1.82, 2.24) is 0 Å². The van der Waals surface area contributed by atoms with Crippen molar-refractivity contribution >= 4 is 11.8 Å². The second-order valence-electron chi connectivity index (χ2n) is 3.60. The number of hydrogen-bond donors (Lipinski definition) is 3. The highest BCUT2D eigenvalue weighted by Crippen LogP contribution is 2.22. The molecule has 1 rings (SSSR count). The van der Waals surface area contributed by atoms with Gasteiger partial charge < -0.3 is 15.3 Å². The average Bonchev–Trinajstić information content (AvgIpc) is 2.35. The smallest absolute Gasteiger partial charge is 0.337 e. The Morgan fingerprint density at radius 1 is 1.35 bits per heavy atom. The number of Topliss-reactive ketones (excluding diaryl/α,β-unsaturated/α-hetero) is 1. The first-order chi connectivity index (χ1) is 8.01. The quantitative estimate of drug-likeness (QED) is 0.662. The van der Waals surface area contributed by atoms with Gasteiger partial charge in [0.1, 0.15) is 0 Å². The van der Waals surface area contributed by atoms with Crippen molar-refractivity contribution in [1.29, 1.82) is 0 Å². The molecule has 92 valence electrons. The van der Waals surface area contributed by atoms with Crippen molar-refractivity contribution in [2.24, 2.45) is 0 Å². The van der Waals surface area contributed by atoms with Gasteiger partial charge in [-0.15, -0.1) is 0 Å². The Kier molecular flexibility index (Phi) is 4.37. The van der Waals surface area contributed by atoms with Crippen molar-refractivity contribution < 1.29 is 24.9 Å². The number of aliphatic hydroxyl groups excluding tert-OH is 2. The van der Waals surface area contributed by atoms with Crippen LogP contribution in [0.1, 0.15) is 40.9 Å². The molecule has 0 heterocycles. The van der Waals surface area contributed by atoms with Gasteiger partial charge in [-0.3, -0.25) is 4.79 Å². The number of hydrogen-bond acceptors (Lipinski definition) is 4. The fraction of sp³-hybridized carbons (Fsp3) is 0.333. The minimum atomic E-state index is -1.76. The van der Waals surface area contributed by atoms with Crippen LogP contribution in [-0.2, 0) is 11.4 Å². The molecule has 1 aromatic rings. The molecular formula is C12H14O5. The first-order valence-electron chi connectivity index (χ1n) is 5.19. The first-order valence-corrected chi connectivity index (χ1v) is 5.19. The minimum Gasteiger partial charge on any atom is -0.479 e. The van der Waals surface area contributed by atoms with Crippen molar-refractivity contribution in [2.45, 2.75) is 26.1 Å². The summed E-state index contributed by atoms with van der Waals surface area (Å²) in [6.45, 7) is 1.37. The fourth-order valence-corrected chi connectivity index (χ4v) is 1.51. The van der Waals surface area contributed by atoms with E-state index in [1.807, 2.05) is 0 Å². The van der Waals surface area contributed by atoms with Gasteiger partial charge in [-0.05, 0) is 11.6 Å². The molecule has 17 heavy (non-hydrogen) atoms. The van der Waals surface area contributed by atoms with E-state index >= 15 is 0 Å². The lowest BCUT2D eigenvalue weighted by Gasteiger charge is -2.12. The summed E-state index contributed by atoms with van der Waals surface area (Å²) in [5.74, 6) is -1.67. The van der Waals surface area contributed by atoms with E-state index in [-0.39, 0.29) is 29.9 Å². The summed E-state index contributed by atoms with van der Waals surface area (Å²) in [5.41, 5.74) is 0.656. The van der Waals surface area contributed by atoms with Gasteiger partial charge in [-0.25, -0.2) is 4.79 Å². The van der Waals surface area contributed by atoms with E-state index in [9.17, 15) is 14.7 Å². The lowest BCUT2D eigenvalue weighted by molar-refractivity contribution is -0.146. The summed E-state index contributed by atoms with van der Waals surface area (Å²) in [6.07, 6.45) is -1.54. The standard InChI is InChI=1S/C12H14O5/c1-2-10(14)8-4-3-7(6-13)5-9(8)11(15)12(16)17/h3-5,11,13,15H,2,6H2,1H3,(H,16,17). The molecule has 1 unspecified atom stereocenters. The summed E-state index contributed by atoms with van der Waals surface area (Å²) >= 11 is 0.